The van der Waals surface area contributed by atoms with Crippen LogP contribution in [0.4, 0.5) is 0 Å². The fraction of sp³-hybridized carbons (Fsp3) is 0.538. The number of nitrogens with zero attached hydrogens (tertiary/aromatic N) is 1. The van der Waals surface area contributed by atoms with Gasteiger partial charge in [0.25, 0.3) is 5.54 Å². The molecule has 2 rings (SSSR count). The van der Waals surface area contributed by atoms with Gasteiger partial charge < -0.3 is 9.47 Å². The van der Waals surface area contributed by atoms with E-state index in [9.17, 15) is 10.1 Å². The van der Waals surface area contributed by atoms with Crippen molar-refractivity contribution in [2.75, 3.05) is 13.2 Å². The molecule has 0 spiro atoms. The molecule has 5 heteroatoms. The summed E-state index contributed by atoms with van der Waals surface area (Å²) in [6.45, 7) is 3.70. The van der Waals surface area contributed by atoms with E-state index in [1.165, 1.54) is 6.92 Å². The first kappa shape index (κ1) is 13.0. The molecule has 0 aliphatic carbocycles. The van der Waals surface area contributed by atoms with Gasteiger partial charge in [0.15, 0.2) is 6.29 Å². The first-order valence-electron chi connectivity index (χ1n) is 5.95. The minimum atomic E-state index is -1.13. The maximum Gasteiger partial charge on any atom is 0.265 e. The van der Waals surface area contributed by atoms with Gasteiger partial charge in [-0.1, -0.05) is 37.3 Å². The Balaban J connectivity index is 2.00. The van der Waals surface area contributed by atoms with Gasteiger partial charge in [0.05, 0.1) is 0 Å². The molecule has 1 atom stereocenters. The second-order valence-electron chi connectivity index (χ2n) is 4.94. The number of hydrogen-bond donors (Lipinski definition) is 0. The number of ether oxygens (including phenoxy) is 2. The van der Waals surface area contributed by atoms with Crippen molar-refractivity contribution in [3.8, 4) is 0 Å². The van der Waals surface area contributed by atoms with Crippen molar-refractivity contribution < 1.29 is 14.4 Å². The lowest BCUT2D eigenvalue weighted by molar-refractivity contribution is -0.586. The van der Waals surface area contributed by atoms with E-state index >= 15 is 0 Å². The van der Waals surface area contributed by atoms with Crippen molar-refractivity contribution in [1.29, 1.82) is 0 Å². The molecule has 1 aromatic rings. The fourth-order valence-electron chi connectivity index (χ4n) is 1.92. The maximum absolute atomic E-state index is 10.9. The molecule has 0 radical (unpaired) electrons. The Morgan fingerprint density at radius 3 is 2.39 bits per heavy atom. The van der Waals surface area contributed by atoms with Gasteiger partial charge in [-0.05, 0) is 5.56 Å². The highest BCUT2D eigenvalue weighted by atomic mass is 16.7. The molecule has 1 unspecified atom stereocenters. The van der Waals surface area contributed by atoms with Crippen molar-refractivity contribution in [3.63, 3.8) is 0 Å². The second-order valence-corrected chi connectivity index (χ2v) is 4.94. The lowest BCUT2D eigenvalue weighted by Crippen LogP contribution is -2.51. The predicted molar refractivity (Wildman–Crippen MR) is 65.9 cm³/mol. The lowest BCUT2D eigenvalue weighted by atomic mass is 9.99. The van der Waals surface area contributed by atoms with Crippen LogP contribution in [0.2, 0.25) is 0 Å². The van der Waals surface area contributed by atoms with Crippen molar-refractivity contribution >= 4 is 0 Å². The SMILES string of the molecule is CC(c1ccccc1)C1OCC(C)([N+](=O)[O-])CO1. The van der Waals surface area contributed by atoms with Crippen LogP contribution in [-0.2, 0) is 9.47 Å². The van der Waals surface area contributed by atoms with Crippen LogP contribution in [0, 0.1) is 10.1 Å². The van der Waals surface area contributed by atoms with Gasteiger partial charge in [0.2, 0.25) is 0 Å². The zero-order valence-electron chi connectivity index (χ0n) is 10.5. The maximum atomic E-state index is 10.9. The van der Waals surface area contributed by atoms with Crippen LogP contribution < -0.4 is 0 Å². The summed E-state index contributed by atoms with van der Waals surface area (Å²) in [5.41, 5.74) is -0.0281. The highest BCUT2D eigenvalue weighted by Gasteiger charge is 2.44. The molecule has 1 aliphatic heterocycles. The Labute approximate surface area is 106 Å². The van der Waals surface area contributed by atoms with E-state index in [-0.39, 0.29) is 24.1 Å². The van der Waals surface area contributed by atoms with Gasteiger partial charge >= 0.3 is 0 Å². The smallest absolute Gasteiger partial charge is 0.265 e. The van der Waals surface area contributed by atoms with Gasteiger partial charge in [-0.25, -0.2) is 0 Å². The number of rotatable bonds is 3. The molecule has 18 heavy (non-hydrogen) atoms. The van der Waals surface area contributed by atoms with E-state index in [0.717, 1.165) is 5.56 Å². The molecule has 0 bridgehead atoms. The zero-order valence-corrected chi connectivity index (χ0v) is 10.5. The number of hydrogen-bond acceptors (Lipinski definition) is 4. The molecule has 0 saturated carbocycles. The summed E-state index contributed by atoms with van der Waals surface area (Å²) in [5, 5.41) is 10.9. The van der Waals surface area contributed by atoms with Crippen molar-refractivity contribution in [2.24, 2.45) is 0 Å². The summed E-state index contributed by atoms with van der Waals surface area (Å²) < 4.78 is 11.0. The summed E-state index contributed by atoms with van der Waals surface area (Å²) in [5.74, 6) is 0.0579. The van der Waals surface area contributed by atoms with Gasteiger partial charge in [0.1, 0.15) is 13.2 Å². The van der Waals surface area contributed by atoms with Gasteiger partial charge in [-0.15, -0.1) is 0 Å². The number of benzene rings is 1. The quantitative estimate of drug-likeness (QED) is 0.610. The average Bonchev–Trinajstić information content (AvgIpc) is 2.40. The Morgan fingerprint density at radius 1 is 1.33 bits per heavy atom. The molecule has 0 amide bonds. The molecular weight excluding hydrogens is 234 g/mol. The van der Waals surface area contributed by atoms with Gasteiger partial charge in [-0.3, -0.25) is 10.1 Å². The molecule has 0 aromatic heterocycles. The molecule has 1 aliphatic rings. The zero-order chi connectivity index (χ0) is 13.2. The number of nitro groups is 1. The standard InChI is InChI=1S/C13H17NO4/c1-10(11-6-4-3-5-7-11)12-17-8-13(2,9-18-12)14(15)16/h3-7,10,12H,8-9H2,1-2H3. The van der Waals surface area contributed by atoms with E-state index in [2.05, 4.69) is 0 Å². The highest BCUT2D eigenvalue weighted by molar-refractivity contribution is 5.19. The lowest BCUT2D eigenvalue weighted by Gasteiger charge is -2.34. The summed E-state index contributed by atoms with van der Waals surface area (Å²) >= 11 is 0. The molecule has 5 nitrogen and oxygen atoms in total. The minimum absolute atomic E-state index is 0.0579. The van der Waals surface area contributed by atoms with Crippen LogP contribution >= 0.6 is 0 Å². The molecule has 1 aromatic carbocycles. The van der Waals surface area contributed by atoms with Crippen LogP contribution in [-0.4, -0.2) is 30.0 Å². The average molecular weight is 251 g/mol. The Hall–Kier alpha value is -1.46. The largest absolute Gasteiger partial charge is 0.344 e. The van der Waals surface area contributed by atoms with Crippen LogP contribution in [0.25, 0.3) is 0 Å². The minimum Gasteiger partial charge on any atom is -0.344 e. The van der Waals surface area contributed by atoms with Crippen LogP contribution in [0.1, 0.15) is 25.3 Å². The van der Waals surface area contributed by atoms with E-state index in [0.29, 0.717) is 0 Å². The third kappa shape index (κ3) is 2.52. The van der Waals surface area contributed by atoms with Gasteiger partial charge in [0, 0.05) is 17.8 Å². The van der Waals surface area contributed by atoms with Crippen LogP contribution in [0.5, 0.6) is 0 Å². The monoisotopic (exact) mass is 251 g/mol. The Kier molecular flexibility index (Phi) is 3.63. The fourth-order valence-corrected chi connectivity index (χ4v) is 1.92. The Bertz CT molecular complexity index is 412. The third-order valence-corrected chi connectivity index (χ3v) is 3.29. The topological polar surface area (TPSA) is 61.6 Å². The third-order valence-electron chi connectivity index (χ3n) is 3.29. The van der Waals surface area contributed by atoms with Crippen molar-refractivity contribution in [1.82, 2.24) is 0 Å². The van der Waals surface area contributed by atoms with E-state index < -0.39 is 11.8 Å². The molecule has 1 fully saturated rings. The first-order valence-corrected chi connectivity index (χ1v) is 5.95. The van der Waals surface area contributed by atoms with Gasteiger partial charge in [-0.2, -0.15) is 0 Å². The molecule has 98 valence electrons. The molecule has 0 N–H and O–H groups in total. The first-order chi connectivity index (χ1) is 8.53. The van der Waals surface area contributed by atoms with E-state index in [4.69, 9.17) is 9.47 Å². The molecule has 1 saturated heterocycles. The van der Waals surface area contributed by atoms with E-state index in [1.807, 2.05) is 37.3 Å². The summed E-state index contributed by atoms with van der Waals surface area (Å²) in [7, 11) is 0. The van der Waals surface area contributed by atoms with E-state index in [1.54, 1.807) is 0 Å². The highest BCUT2D eigenvalue weighted by Crippen LogP contribution is 2.28. The van der Waals surface area contributed by atoms with Crippen molar-refractivity contribution in [2.45, 2.75) is 31.6 Å². The predicted octanol–water partition coefficient (Wildman–Crippen LogP) is 2.20. The van der Waals surface area contributed by atoms with Crippen LogP contribution in [0.3, 0.4) is 0 Å². The molecule has 1 heterocycles. The normalized spacial score (nSPS) is 29.8. The Morgan fingerprint density at radius 2 is 1.89 bits per heavy atom. The van der Waals surface area contributed by atoms with Crippen molar-refractivity contribution in [3.05, 3.63) is 46.0 Å². The summed E-state index contributed by atoms with van der Waals surface area (Å²) in [6.07, 6.45) is -0.416. The van der Waals surface area contributed by atoms with Crippen LogP contribution in [0.15, 0.2) is 30.3 Å². The molecular formula is C13H17NO4. The summed E-state index contributed by atoms with van der Waals surface area (Å²) in [4.78, 5) is 10.5. The second kappa shape index (κ2) is 5.04. The summed E-state index contributed by atoms with van der Waals surface area (Å²) in [6, 6.07) is 9.85.